The summed E-state index contributed by atoms with van der Waals surface area (Å²) in [5, 5.41) is 1.11. The van der Waals surface area contributed by atoms with Crippen molar-refractivity contribution in [3.8, 4) is 0 Å². The molecule has 0 radical (unpaired) electrons. The van der Waals surface area contributed by atoms with Crippen molar-refractivity contribution in [3.05, 3.63) is 83.8 Å². The number of carbonyl (C=O) groups excluding carboxylic acids is 1. The van der Waals surface area contributed by atoms with E-state index < -0.39 is 0 Å². The van der Waals surface area contributed by atoms with Crippen LogP contribution < -0.4 is 28.5 Å². The molecule has 116 valence electrons. The third kappa shape index (κ3) is 4.01. The van der Waals surface area contributed by atoms with Crippen LogP contribution in [0.25, 0.3) is 17.0 Å². The molecule has 0 amide bonds. The molecule has 0 saturated carbocycles. The van der Waals surface area contributed by atoms with E-state index in [0.29, 0.717) is 5.56 Å². The molecule has 0 N–H and O–H groups in total. The molecule has 0 aliphatic heterocycles. The molecule has 2 nitrogen and oxygen atoms in total. The second kappa shape index (κ2) is 7.46. The first-order valence-corrected chi connectivity index (χ1v) is 7.00. The van der Waals surface area contributed by atoms with Gasteiger partial charge in [-0.3, -0.25) is 4.79 Å². The molecule has 1 aromatic heterocycles. The smallest absolute Gasteiger partial charge is 0.212 e. The SMILES string of the molecule is C[n+]1cccc2cc(/C=C/C(=O)c3ccc(F)cc3)ccc21.[I-]. The number of nitrogens with zero attached hydrogens (tertiary/aromatic N) is 1. The number of aryl methyl sites for hydroxylation is 1. The Morgan fingerprint density at radius 1 is 1.09 bits per heavy atom. The lowest BCUT2D eigenvalue weighted by Crippen LogP contribution is -3.00. The molecule has 3 aromatic rings. The summed E-state index contributed by atoms with van der Waals surface area (Å²) in [6, 6.07) is 15.6. The third-order valence-electron chi connectivity index (χ3n) is 3.57. The van der Waals surface area contributed by atoms with E-state index in [0.717, 1.165) is 16.5 Å². The van der Waals surface area contributed by atoms with E-state index >= 15 is 0 Å². The number of benzene rings is 2. The van der Waals surface area contributed by atoms with Crippen LogP contribution in [0.15, 0.2) is 66.9 Å². The van der Waals surface area contributed by atoms with Gasteiger partial charge in [0.1, 0.15) is 12.9 Å². The highest BCUT2D eigenvalue weighted by Crippen LogP contribution is 2.14. The molecule has 0 saturated heterocycles. The number of rotatable bonds is 3. The monoisotopic (exact) mass is 419 g/mol. The first-order valence-electron chi connectivity index (χ1n) is 7.00. The minimum atomic E-state index is -0.345. The zero-order valence-corrected chi connectivity index (χ0v) is 14.7. The van der Waals surface area contributed by atoms with E-state index in [1.54, 1.807) is 6.08 Å². The molecule has 0 bridgehead atoms. The molecule has 0 aliphatic carbocycles. The number of aromatic nitrogens is 1. The highest BCUT2D eigenvalue weighted by atomic mass is 127. The minimum Gasteiger partial charge on any atom is -1.00 e. The maximum Gasteiger partial charge on any atom is 0.212 e. The van der Waals surface area contributed by atoms with Crippen molar-refractivity contribution in [1.29, 1.82) is 0 Å². The predicted octanol–water partition coefficient (Wildman–Crippen LogP) is 0.703. The van der Waals surface area contributed by atoms with E-state index in [9.17, 15) is 9.18 Å². The van der Waals surface area contributed by atoms with Crippen molar-refractivity contribution in [3.63, 3.8) is 0 Å². The summed E-state index contributed by atoms with van der Waals surface area (Å²) in [6.07, 6.45) is 5.28. The normalized spacial score (nSPS) is 10.7. The lowest BCUT2D eigenvalue weighted by Gasteiger charge is -1.99. The Bertz CT molecular complexity index is 872. The standard InChI is InChI=1S/C19H15FNO.HI/c1-21-12-2-3-16-13-14(4-10-18(16)21)5-11-19(22)15-6-8-17(20)9-7-15;/h2-13H,1H3;1H/q+1;/p-1/b11-5+;. The Labute approximate surface area is 151 Å². The fourth-order valence-corrected chi connectivity index (χ4v) is 2.37. The number of fused-ring (bicyclic) bond motifs is 1. The Morgan fingerprint density at radius 3 is 2.57 bits per heavy atom. The van der Waals surface area contributed by atoms with Gasteiger partial charge in [0, 0.05) is 23.1 Å². The molecule has 0 fully saturated rings. The van der Waals surface area contributed by atoms with Crippen molar-refractivity contribution >= 4 is 22.8 Å². The summed E-state index contributed by atoms with van der Waals surface area (Å²) < 4.78 is 14.9. The Hall–Kier alpha value is -2.08. The molecular formula is C19H15FINO. The van der Waals surface area contributed by atoms with Crippen LogP contribution in [0.4, 0.5) is 4.39 Å². The second-order valence-electron chi connectivity index (χ2n) is 5.14. The summed E-state index contributed by atoms with van der Waals surface area (Å²) in [6.45, 7) is 0. The van der Waals surface area contributed by atoms with Gasteiger partial charge in [-0.15, -0.1) is 0 Å². The van der Waals surface area contributed by atoms with Crippen molar-refractivity contribution in [2.24, 2.45) is 7.05 Å². The minimum absolute atomic E-state index is 0. The second-order valence-corrected chi connectivity index (χ2v) is 5.14. The van der Waals surface area contributed by atoms with Gasteiger partial charge in [0.15, 0.2) is 12.0 Å². The van der Waals surface area contributed by atoms with Crippen LogP contribution in [0.3, 0.4) is 0 Å². The van der Waals surface area contributed by atoms with E-state index in [1.807, 2.05) is 48.1 Å². The lowest BCUT2D eigenvalue weighted by atomic mass is 10.1. The number of pyridine rings is 1. The van der Waals surface area contributed by atoms with Gasteiger partial charge in [-0.1, -0.05) is 6.08 Å². The van der Waals surface area contributed by atoms with Gasteiger partial charge in [-0.2, -0.15) is 0 Å². The fraction of sp³-hybridized carbons (Fsp3) is 0.0526. The van der Waals surface area contributed by atoms with E-state index in [1.165, 1.54) is 30.3 Å². The van der Waals surface area contributed by atoms with Gasteiger partial charge >= 0.3 is 0 Å². The molecule has 1 heterocycles. The number of ketones is 1. The van der Waals surface area contributed by atoms with Crippen molar-refractivity contribution in [1.82, 2.24) is 0 Å². The number of hydrogen-bond donors (Lipinski definition) is 0. The molecule has 23 heavy (non-hydrogen) atoms. The highest BCUT2D eigenvalue weighted by Gasteiger charge is 2.04. The number of allylic oxidation sites excluding steroid dienone is 1. The summed E-state index contributed by atoms with van der Waals surface area (Å²) >= 11 is 0. The largest absolute Gasteiger partial charge is 1.00 e. The molecule has 0 spiro atoms. The van der Waals surface area contributed by atoms with Crippen LogP contribution in [-0.4, -0.2) is 5.78 Å². The summed E-state index contributed by atoms with van der Waals surface area (Å²) in [4.78, 5) is 12.0. The first-order chi connectivity index (χ1) is 10.6. The molecule has 0 atom stereocenters. The fourth-order valence-electron chi connectivity index (χ4n) is 2.37. The summed E-state index contributed by atoms with van der Waals surface area (Å²) in [7, 11) is 2.00. The molecule has 0 unspecified atom stereocenters. The zero-order chi connectivity index (χ0) is 15.5. The van der Waals surface area contributed by atoms with Gasteiger partial charge in [0.25, 0.3) is 0 Å². The van der Waals surface area contributed by atoms with Gasteiger partial charge in [-0.25, -0.2) is 8.96 Å². The molecule has 2 aromatic carbocycles. The van der Waals surface area contributed by atoms with Crippen molar-refractivity contribution < 1.29 is 37.7 Å². The van der Waals surface area contributed by atoms with Crippen molar-refractivity contribution in [2.45, 2.75) is 0 Å². The highest BCUT2D eigenvalue weighted by molar-refractivity contribution is 6.06. The topological polar surface area (TPSA) is 20.9 Å². The maximum atomic E-state index is 12.9. The van der Waals surface area contributed by atoms with Crippen LogP contribution in [0, 0.1) is 5.82 Å². The summed E-state index contributed by atoms with van der Waals surface area (Å²) in [5.41, 5.74) is 2.56. The number of hydrogen-bond acceptors (Lipinski definition) is 1. The predicted molar refractivity (Wildman–Crippen MR) is 84.9 cm³/mol. The molecule has 0 aliphatic rings. The average Bonchev–Trinajstić information content (AvgIpc) is 2.53. The van der Waals surface area contributed by atoms with Crippen LogP contribution in [0.5, 0.6) is 0 Å². The number of halogens is 2. The number of carbonyl (C=O) groups is 1. The van der Waals surface area contributed by atoms with Crippen molar-refractivity contribution in [2.75, 3.05) is 0 Å². The molecular weight excluding hydrogens is 404 g/mol. The van der Waals surface area contributed by atoms with Crippen LogP contribution in [0.1, 0.15) is 15.9 Å². The Kier molecular flexibility index (Phi) is 5.60. The van der Waals surface area contributed by atoms with Crippen LogP contribution in [-0.2, 0) is 7.05 Å². The van der Waals surface area contributed by atoms with E-state index in [4.69, 9.17) is 0 Å². The summed E-state index contributed by atoms with van der Waals surface area (Å²) in [5.74, 6) is -0.485. The van der Waals surface area contributed by atoms with E-state index in [2.05, 4.69) is 0 Å². The Balaban J connectivity index is 0.00000192. The average molecular weight is 419 g/mol. The van der Waals surface area contributed by atoms with Gasteiger partial charge in [0.05, 0.1) is 0 Å². The lowest BCUT2D eigenvalue weighted by molar-refractivity contribution is -0.644. The van der Waals surface area contributed by atoms with Gasteiger partial charge < -0.3 is 24.0 Å². The maximum absolute atomic E-state index is 12.9. The van der Waals surface area contributed by atoms with Crippen LogP contribution >= 0.6 is 0 Å². The third-order valence-corrected chi connectivity index (χ3v) is 3.57. The Morgan fingerprint density at radius 2 is 1.83 bits per heavy atom. The zero-order valence-electron chi connectivity index (χ0n) is 12.5. The van der Waals surface area contributed by atoms with Gasteiger partial charge in [0.2, 0.25) is 5.52 Å². The van der Waals surface area contributed by atoms with Gasteiger partial charge in [-0.05, 0) is 54.1 Å². The van der Waals surface area contributed by atoms with Crippen LogP contribution in [0.2, 0.25) is 0 Å². The van der Waals surface area contributed by atoms with E-state index in [-0.39, 0.29) is 35.6 Å². The molecule has 4 heteroatoms. The quantitative estimate of drug-likeness (QED) is 0.265. The first kappa shape index (κ1) is 17.3. The molecule has 3 rings (SSSR count).